The second-order valence-corrected chi connectivity index (χ2v) is 4.03. The Morgan fingerprint density at radius 3 is 2.80 bits per heavy atom. The number of hydrogen-bond donors (Lipinski definition) is 1. The molecule has 1 aromatic carbocycles. The molecule has 0 aliphatic carbocycles. The van der Waals surface area contributed by atoms with E-state index in [0.717, 1.165) is 4.48 Å². The zero-order chi connectivity index (χ0) is 11.3. The Hall–Kier alpha value is -1.00. The van der Waals surface area contributed by atoms with Crippen LogP contribution in [0.4, 0.5) is 0 Å². The first-order chi connectivity index (χ1) is 7.19. The summed E-state index contributed by atoms with van der Waals surface area (Å²) in [6.45, 7) is 3.93. The summed E-state index contributed by atoms with van der Waals surface area (Å²) in [7, 11) is 1.56. The SMILES string of the molecule is C=C(Br)COc1c(CO)cccc1OC. The summed E-state index contributed by atoms with van der Waals surface area (Å²) in [5.74, 6) is 1.17. The van der Waals surface area contributed by atoms with E-state index in [0.29, 0.717) is 23.7 Å². The number of ether oxygens (including phenoxy) is 2. The topological polar surface area (TPSA) is 38.7 Å². The maximum Gasteiger partial charge on any atom is 0.167 e. The monoisotopic (exact) mass is 272 g/mol. The highest BCUT2D eigenvalue weighted by Gasteiger charge is 2.09. The van der Waals surface area contributed by atoms with Crippen LogP contribution in [0.1, 0.15) is 5.56 Å². The first-order valence-electron chi connectivity index (χ1n) is 4.42. The Morgan fingerprint density at radius 1 is 1.53 bits per heavy atom. The molecule has 0 bridgehead atoms. The molecule has 0 saturated heterocycles. The quantitative estimate of drug-likeness (QED) is 0.895. The summed E-state index contributed by atoms with van der Waals surface area (Å²) in [6.07, 6.45) is 0. The first-order valence-corrected chi connectivity index (χ1v) is 5.21. The van der Waals surface area contributed by atoms with E-state index in [9.17, 15) is 0 Å². The fraction of sp³-hybridized carbons (Fsp3) is 0.273. The van der Waals surface area contributed by atoms with E-state index >= 15 is 0 Å². The Bertz CT molecular complexity index is 327. The van der Waals surface area contributed by atoms with E-state index in [1.807, 2.05) is 0 Å². The molecule has 0 radical (unpaired) electrons. The van der Waals surface area contributed by atoms with Crippen LogP contribution in [0.2, 0.25) is 0 Å². The van der Waals surface area contributed by atoms with Gasteiger partial charge in [-0.25, -0.2) is 0 Å². The summed E-state index contributed by atoms with van der Waals surface area (Å²) in [5.41, 5.74) is 0.697. The van der Waals surface area contributed by atoms with Gasteiger partial charge in [0.15, 0.2) is 11.5 Å². The van der Waals surface area contributed by atoms with E-state index in [1.54, 1.807) is 25.3 Å². The zero-order valence-corrected chi connectivity index (χ0v) is 10.1. The summed E-state index contributed by atoms with van der Waals surface area (Å²) in [4.78, 5) is 0. The van der Waals surface area contributed by atoms with Crippen molar-refractivity contribution in [3.05, 3.63) is 34.8 Å². The van der Waals surface area contributed by atoms with Crippen LogP contribution in [-0.4, -0.2) is 18.8 Å². The molecule has 0 fully saturated rings. The van der Waals surface area contributed by atoms with E-state index < -0.39 is 0 Å². The number of halogens is 1. The fourth-order valence-corrected chi connectivity index (χ4v) is 1.28. The number of hydrogen-bond acceptors (Lipinski definition) is 3. The minimum absolute atomic E-state index is 0.0820. The van der Waals surface area contributed by atoms with Crippen LogP contribution < -0.4 is 9.47 Å². The van der Waals surface area contributed by atoms with Crippen LogP contribution >= 0.6 is 15.9 Å². The van der Waals surface area contributed by atoms with E-state index in [1.165, 1.54) is 0 Å². The van der Waals surface area contributed by atoms with Crippen LogP contribution in [0.5, 0.6) is 11.5 Å². The second kappa shape index (κ2) is 5.78. The molecule has 0 spiro atoms. The molecule has 0 aliphatic rings. The number of methoxy groups -OCH3 is 1. The molecule has 1 N–H and O–H groups in total. The fourth-order valence-electron chi connectivity index (χ4n) is 1.16. The van der Waals surface area contributed by atoms with Crippen molar-refractivity contribution in [2.75, 3.05) is 13.7 Å². The minimum atomic E-state index is -0.0820. The molecule has 0 heterocycles. The van der Waals surface area contributed by atoms with E-state index in [2.05, 4.69) is 22.5 Å². The molecular formula is C11H13BrO3. The van der Waals surface area contributed by atoms with Gasteiger partial charge in [-0.3, -0.25) is 0 Å². The van der Waals surface area contributed by atoms with Crippen LogP contribution in [0.15, 0.2) is 29.3 Å². The lowest BCUT2D eigenvalue weighted by Crippen LogP contribution is -2.02. The predicted octanol–water partition coefficient (Wildman–Crippen LogP) is 2.47. The lowest BCUT2D eigenvalue weighted by Gasteiger charge is -2.13. The van der Waals surface area contributed by atoms with Gasteiger partial charge in [-0.05, 0) is 6.07 Å². The average Bonchev–Trinajstić information content (AvgIpc) is 2.25. The molecule has 4 heteroatoms. The maximum atomic E-state index is 9.13. The van der Waals surface area contributed by atoms with E-state index in [4.69, 9.17) is 14.6 Å². The Labute approximate surface area is 97.5 Å². The first kappa shape index (κ1) is 12.1. The molecule has 0 atom stereocenters. The smallest absolute Gasteiger partial charge is 0.167 e. The average molecular weight is 273 g/mol. The van der Waals surface area contributed by atoms with Crippen molar-refractivity contribution in [1.29, 1.82) is 0 Å². The van der Waals surface area contributed by atoms with Gasteiger partial charge in [-0.15, -0.1) is 0 Å². The normalized spacial score (nSPS) is 9.80. The Kier molecular flexibility index (Phi) is 4.65. The molecule has 0 aliphatic heterocycles. The predicted molar refractivity (Wildman–Crippen MR) is 62.5 cm³/mol. The summed E-state index contributed by atoms with van der Waals surface area (Å²) >= 11 is 3.20. The van der Waals surface area contributed by atoms with Gasteiger partial charge in [-0.2, -0.15) is 0 Å². The number of aliphatic hydroxyl groups is 1. The van der Waals surface area contributed by atoms with Crippen molar-refractivity contribution in [1.82, 2.24) is 0 Å². The standard InChI is InChI=1S/C11H13BrO3/c1-8(12)7-15-11-9(6-13)4-3-5-10(11)14-2/h3-5,13H,1,6-7H2,2H3. The van der Waals surface area contributed by atoms with Crippen LogP contribution in [0, 0.1) is 0 Å². The summed E-state index contributed by atoms with van der Waals surface area (Å²) in [5, 5.41) is 9.13. The third-order valence-electron chi connectivity index (χ3n) is 1.82. The molecule has 1 aromatic rings. The minimum Gasteiger partial charge on any atom is -0.493 e. The maximum absolute atomic E-state index is 9.13. The van der Waals surface area contributed by atoms with E-state index in [-0.39, 0.29) is 6.61 Å². The molecule has 0 aromatic heterocycles. The van der Waals surface area contributed by atoms with Gasteiger partial charge in [0, 0.05) is 10.0 Å². The summed E-state index contributed by atoms with van der Waals surface area (Å²) in [6, 6.07) is 5.38. The van der Waals surface area contributed by atoms with Crippen molar-refractivity contribution in [3.63, 3.8) is 0 Å². The van der Waals surface area contributed by atoms with Crippen molar-refractivity contribution in [2.24, 2.45) is 0 Å². The number of para-hydroxylation sites is 1. The number of benzene rings is 1. The van der Waals surface area contributed by atoms with Crippen molar-refractivity contribution < 1.29 is 14.6 Å². The van der Waals surface area contributed by atoms with Gasteiger partial charge in [0.25, 0.3) is 0 Å². The lowest BCUT2D eigenvalue weighted by atomic mass is 10.2. The third kappa shape index (κ3) is 3.25. The highest BCUT2D eigenvalue weighted by Crippen LogP contribution is 2.31. The number of aliphatic hydroxyl groups excluding tert-OH is 1. The molecule has 0 unspecified atom stereocenters. The summed E-state index contributed by atoms with van der Waals surface area (Å²) < 4.78 is 11.4. The Morgan fingerprint density at radius 2 is 2.27 bits per heavy atom. The van der Waals surface area contributed by atoms with Crippen LogP contribution in [-0.2, 0) is 6.61 Å². The van der Waals surface area contributed by atoms with Crippen LogP contribution in [0.25, 0.3) is 0 Å². The van der Waals surface area contributed by atoms with Crippen molar-refractivity contribution >= 4 is 15.9 Å². The highest BCUT2D eigenvalue weighted by molar-refractivity contribution is 9.11. The lowest BCUT2D eigenvalue weighted by molar-refractivity contribution is 0.264. The largest absolute Gasteiger partial charge is 0.493 e. The van der Waals surface area contributed by atoms with Gasteiger partial charge in [0.2, 0.25) is 0 Å². The van der Waals surface area contributed by atoms with Crippen molar-refractivity contribution in [3.8, 4) is 11.5 Å². The molecule has 1 rings (SSSR count). The zero-order valence-electron chi connectivity index (χ0n) is 8.50. The van der Waals surface area contributed by atoms with Gasteiger partial charge in [-0.1, -0.05) is 34.6 Å². The van der Waals surface area contributed by atoms with Gasteiger partial charge < -0.3 is 14.6 Å². The third-order valence-corrected chi connectivity index (χ3v) is 2.05. The molecule has 15 heavy (non-hydrogen) atoms. The Balaban J connectivity index is 2.94. The van der Waals surface area contributed by atoms with Gasteiger partial charge in [0.1, 0.15) is 6.61 Å². The molecule has 0 amide bonds. The molecule has 3 nitrogen and oxygen atoms in total. The molecule has 0 saturated carbocycles. The van der Waals surface area contributed by atoms with Crippen LogP contribution in [0.3, 0.4) is 0 Å². The van der Waals surface area contributed by atoms with Gasteiger partial charge in [0.05, 0.1) is 13.7 Å². The highest BCUT2D eigenvalue weighted by atomic mass is 79.9. The second-order valence-electron chi connectivity index (χ2n) is 2.91. The number of rotatable bonds is 5. The molecular weight excluding hydrogens is 260 g/mol. The molecule has 82 valence electrons. The van der Waals surface area contributed by atoms with Gasteiger partial charge >= 0.3 is 0 Å². The van der Waals surface area contributed by atoms with Crippen molar-refractivity contribution in [2.45, 2.75) is 6.61 Å².